The van der Waals surface area contributed by atoms with Crippen molar-refractivity contribution in [2.75, 3.05) is 5.32 Å². The Kier molecular flexibility index (Phi) is 2.70. The number of nitrogens with zero attached hydrogens (tertiary/aromatic N) is 3. The van der Waals surface area contributed by atoms with Crippen molar-refractivity contribution in [3.05, 3.63) is 24.0 Å². The van der Waals surface area contributed by atoms with E-state index in [0.29, 0.717) is 18.0 Å². The zero-order valence-electron chi connectivity index (χ0n) is 11.8. The Labute approximate surface area is 118 Å². The summed E-state index contributed by atoms with van der Waals surface area (Å²) in [6.45, 7) is 2.29. The highest BCUT2D eigenvalue weighted by Gasteiger charge is 2.31. The minimum absolute atomic E-state index is 0.354. The van der Waals surface area contributed by atoms with Gasteiger partial charge in [-0.25, -0.2) is 4.98 Å². The van der Waals surface area contributed by atoms with Crippen LogP contribution in [0.2, 0.25) is 0 Å². The molecule has 0 bridgehead atoms. The molecule has 2 aromatic heterocycles. The molecule has 5 nitrogen and oxygen atoms in total. The third-order valence-electron chi connectivity index (χ3n) is 4.70. The summed E-state index contributed by atoms with van der Waals surface area (Å²) in [6, 6.07) is 4.98. The van der Waals surface area contributed by atoms with E-state index < -0.39 is 0 Å². The van der Waals surface area contributed by atoms with Gasteiger partial charge < -0.3 is 11.1 Å². The van der Waals surface area contributed by atoms with Crippen LogP contribution in [0, 0.1) is 5.92 Å². The molecule has 2 heterocycles. The molecule has 2 saturated carbocycles. The number of anilines is 1. The summed E-state index contributed by atoms with van der Waals surface area (Å²) in [5.74, 6) is 2.41. The van der Waals surface area contributed by atoms with Gasteiger partial charge >= 0.3 is 0 Å². The summed E-state index contributed by atoms with van der Waals surface area (Å²) in [5, 5.41) is 7.94. The third kappa shape index (κ3) is 2.06. The molecule has 2 aromatic rings. The van der Waals surface area contributed by atoms with Gasteiger partial charge in [0.15, 0.2) is 5.65 Å². The minimum Gasteiger partial charge on any atom is -0.367 e. The Morgan fingerprint density at radius 2 is 2.20 bits per heavy atom. The zero-order chi connectivity index (χ0) is 13.7. The maximum Gasteiger partial charge on any atom is 0.157 e. The summed E-state index contributed by atoms with van der Waals surface area (Å²) >= 11 is 0. The van der Waals surface area contributed by atoms with Crippen LogP contribution < -0.4 is 11.1 Å². The lowest BCUT2D eigenvalue weighted by atomic mass is 9.87. The molecular weight excluding hydrogens is 250 g/mol. The Morgan fingerprint density at radius 1 is 1.40 bits per heavy atom. The third-order valence-corrected chi connectivity index (χ3v) is 4.70. The summed E-state index contributed by atoms with van der Waals surface area (Å²) in [7, 11) is 0. The van der Waals surface area contributed by atoms with Gasteiger partial charge in [-0.2, -0.15) is 9.61 Å². The van der Waals surface area contributed by atoms with E-state index >= 15 is 0 Å². The molecule has 2 fully saturated rings. The second-order valence-corrected chi connectivity index (χ2v) is 6.37. The van der Waals surface area contributed by atoms with E-state index in [1.54, 1.807) is 0 Å². The fourth-order valence-electron chi connectivity index (χ4n) is 3.10. The number of hydrogen-bond donors (Lipinski definition) is 2. The number of rotatable bonds is 4. The van der Waals surface area contributed by atoms with Crippen molar-refractivity contribution in [2.24, 2.45) is 11.7 Å². The van der Waals surface area contributed by atoms with Crippen LogP contribution in [0.25, 0.3) is 5.65 Å². The lowest BCUT2D eigenvalue weighted by Gasteiger charge is -2.33. The first kappa shape index (κ1) is 12.1. The zero-order valence-corrected chi connectivity index (χ0v) is 11.8. The van der Waals surface area contributed by atoms with Gasteiger partial charge in [-0.15, -0.1) is 0 Å². The van der Waals surface area contributed by atoms with Crippen molar-refractivity contribution in [1.82, 2.24) is 14.6 Å². The highest BCUT2D eigenvalue weighted by atomic mass is 15.3. The monoisotopic (exact) mass is 271 g/mol. The molecule has 4 rings (SSSR count). The number of hydrogen-bond acceptors (Lipinski definition) is 4. The summed E-state index contributed by atoms with van der Waals surface area (Å²) in [4.78, 5) is 4.76. The molecule has 0 amide bonds. The van der Waals surface area contributed by atoms with Crippen LogP contribution in [0.15, 0.2) is 18.3 Å². The summed E-state index contributed by atoms with van der Waals surface area (Å²) in [5.41, 5.74) is 7.98. The lowest BCUT2D eigenvalue weighted by molar-refractivity contribution is 0.372. The number of nitrogens with one attached hydrogen (secondary N) is 1. The van der Waals surface area contributed by atoms with E-state index in [4.69, 9.17) is 10.7 Å². The molecule has 0 radical (unpaired) electrons. The average molecular weight is 271 g/mol. The fraction of sp³-hybridized carbons (Fsp3) is 0.600. The number of aromatic nitrogens is 3. The fourth-order valence-corrected chi connectivity index (χ4v) is 3.10. The van der Waals surface area contributed by atoms with Gasteiger partial charge in [0.25, 0.3) is 0 Å². The number of fused-ring (bicyclic) bond motifs is 1. The van der Waals surface area contributed by atoms with Crippen molar-refractivity contribution in [2.45, 2.75) is 50.6 Å². The van der Waals surface area contributed by atoms with Crippen molar-refractivity contribution >= 4 is 11.5 Å². The maximum absolute atomic E-state index is 5.87. The van der Waals surface area contributed by atoms with Crippen molar-refractivity contribution in [3.8, 4) is 0 Å². The molecule has 5 heteroatoms. The van der Waals surface area contributed by atoms with E-state index in [0.717, 1.165) is 30.2 Å². The van der Waals surface area contributed by atoms with Crippen molar-refractivity contribution < 1.29 is 0 Å². The van der Waals surface area contributed by atoms with Gasteiger partial charge in [-0.1, -0.05) is 6.92 Å². The van der Waals surface area contributed by atoms with Crippen LogP contribution in [0.3, 0.4) is 0 Å². The highest BCUT2D eigenvalue weighted by molar-refractivity contribution is 5.50. The second-order valence-electron chi connectivity index (χ2n) is 6.37. The molecule has 3 N–H and O–H groups in total. The first-order valence-corrected chi connectivity index (χ1v) is 7.57. The van der Waals surface area contributed by atoms with E-state index in [2.05, 4.69) is 23.4 Å². The smallest absolute Gasteiger partial charge is 0.157 e. The normalized spacial score (nSPS) is 27.3. The Morgan fingerprint density at radius 3 is 2.90 bits per heavy atom. The first-order chi connectivity index (χ1) is 9.70. The van der Waals surface area contributed by atoms with Gasteiger partial charge in [0.2, 0.25) is 0 Å². The van der Waals surface area contributed by atoms with Crippen LogP contribution in [0.4, 0.5) is 5.82 Å². The van der Waals surface area contributed by atoms with E-state index in [1.807, 2.05) is 16.8 Å². The second kappa shape index (κ2) is 4.45. The van der Waals surface area contributed by atoms with E-state index in [-0.39, 0.29) is 0 Å². The van der Waals surface area contributed by atoms with Gasteiger partial charge in [0.05, 0.1) is 6.20 Å². The van der Waals surface area contributed by atoms with Gasteiger partial charge in [0, 0.05) is 35.8 Å². The van der Waals surface area contributed by atoms with Crippen LogP contribution in [-0.2, 0) is 0 Å². The van der Waals surface area contributed by atoms with E-state index in [1.165, 1.54) is 18.5 Å². The Bertz CT molecular complexity index is 624. The SMILES string of the molecule is C[C@H](c1cc(NC2CC(N)C2)n2nccc2n1)C1CC1. The van der Waals surface area contributed by atoms with Crippen LogP contribution in [-0.4, -0.2) is 26.7 Å². The molecule has 0 spiro atoms. The summed E-state index contributed by atoms with van der Waals surface area (Å²) in [6.07, 6.45) is 6.57. The summed E-state index contributed by atoms with van der Waals surface area (Å²) < 4.78 is 1.90. The first-order valence-electron chi connectivity index (χ1n) is 7.57. The molecule has 0 saturated heterocycles. The molecule has 106 valence electrons. The molecule has 0 unspecified atom stereocenters. The largest absolute Gasteiger partial charge is 0.367 e. The van der Waals surface area contributed by atoms with E-state index in [9.17, 15) is 0 Å². The van der Waals surface area contributed by atoms with Crippen LogP contribution in [0.5, 0.6) is 0 Å². The molecule has 20 heavy (non-hydrogen) atoms. The standard InChI is InChI=1S/C15H21N5/c1-9(10-2-3-10)13-8-15(18-12-6-11(16)7-12)20-14(19-13)4-5-17-20/h4-5,8-12,18H,2-3,6-7,16H2,1H3/t9-,11?,12?/m0/s1. The predicted octanol–water partition coefficient (Wildman–Crippen LogP) is 2.14. The minimum atomic E-state index is 0.354. The van der Waals surface area contributed by atoms with Gasteiger partial charge in [0.1, 0.15) is 5.82 Å². The predicted molar refractivity (Wildman–Crippen MR) is 78.7 cm³/mol. The average Bonchev–Trinajstić information content (AvgIpc) is 3.14. The maximum atomic E-state index is 5.87. The van der Waals surface area contributed by atoms with Crippen molar-refractivity contribution in [1.29, 1.82) is 0 Å². The molecular formula is C15H21N5. The Hall–Kier alpha value is -1.62. The molecule has 2 aliphatic rings. The molecule has 1 atom stereocenters. The number of nitrogens with two attached hydrogens (primary N) is 1. The van der Waals surface area contributed by atoms with Gasteiger partial charge in [-0.3, -0.25) is 0 Å². The lowest BCUT2D eigenvalue weighted by Crippen LogP contribution is -2.44. The molecule has 2 aliphatic carbocycles. The van der Waals surface area contributed by atoms with Crippen LogP contribution >= 0.6 is 0 Å². The van der Waals surface area contributed by atoms with Gasteiger partial charge in [-0.05, 0) is 31.6 Å². The topological polar surface area (TPSA) is 68.2 Å². The highest BCUT2D eigenvalue weighted by Crippen LogP contribution is 2.42. The van der Waals surface area contributed by atoms with Crippen molar-refractivity contribution in [3.63, 3.8) is 0 Å². The molecule has 0 aromatic carbocycles. The Balaban J connectivity index is 1.67. The quantitative estimate of drug-likeness (QED) is 0.894. The van der Waals surface area contributed by atoms with Crippen LogP contribution in [0.1, 0.15) is 44.2 Å². The molecule has 0 aliphatic heterocycles.